The first-order valence-corrected chi connectivity index (χ1v) is 6.50. The minimum atomic E-state index is 0.161. The van der Waals surface area contributed by atoms with Crippen molar-refractivity contribution >= 4 is 17.5 Å². The smallest absolute Gasteiger partial charge is 0.322 e. The summed E-state index contributed by atoms with van der Waals surface area (Å²) in [6.45, 7) is 10.4. The van der Waals surface area contributed by atoms with Gasteiger partial charge in [0.05, 0.1) is 7.11 Å². The van der Waals surface area contributed by atoms with Crippen LogP contribution in [0, 0.1) is 11.8 Å². The predicted octanol–water partition coefficient (Wildman–Crippen LogP) is 2.65. The molecule has 0 aliphatic rings. The molecule has 0 spiro atoms. The van der Waals surface area contributed by atoms with Crippen LogP contribution >= 0.6 is 11.6 Å². The summed E-state index contributed by atoms with van der Waals surface area (Å²) in [5.74, 6) is 1.62. The van der Waals surface area contributed by atoms with E-state index in [0.717, 1.165) is 13.1 Å². The highest BCUT2D eigenvalue weighted by Crippen LogP contribution is 2.17. The number of methoxy groups -OCH3 is 1. The lowest BCUT2D eigenvalue weighted by Gasteiger charge is -2.26. The molecule has 1 aromatic heterocycles. The van der Waals surface area contributed by atoms with Crippen molar-refractivity contribution in [3.63, 3.8) is 0 Å². The van der Waals surface area contributed by atoms with Gasteiger partial charge in [0.1, 0.15) is 0 Å². The average molecular weight is 273 g/mol. The standard InChI is InChI=1S/C12H21ClN4O/c1-8(2)6-17(7-9(3)4)11-14-10(13)15-12(16-11)18-5/h8-9H,6-7H2,1-5H3. The summed E-state index contributed by atoms with van der Waals surface area (Å²) >= 11 is 5.88. The highest BCUT2D eigenvalue weighted by molar-refractivity contribution is 6.28. The SMILES string of the molecule is COc1nc(Cl)nc(N(CC(C)C)CC(C)C)n1. The zero-order valence-electron chi connectivity index (χ0n) is 11.6. The Morgan fingerprint density at radius 2 is 1.61 bits per heavy atom. The molecule has 0 N–H and O–H groups in total. The Balaban J connectivity index is 2.99. The molecule has 0 amide bonds. The first-order valence-electron chi connectivity index (χ1n) is 6.12. The highest BCUT2D eigenvalue weighted by atomic mass is 35.5. The lowest BCUT2D eigenvalue weighted by molar-refractivity contribution is 0.377. The van der Waals surface area contributed by atoms with E-state index < -0.39 is 0 Å². The normalized spacial score (nSPS) is 11.1. The van der Waals surface area contributed by atoms with E-state index in [2.05, 4.69) is 47.5 Å². The molecule has 1 rings (SSSR count). The van der Waals surface area contributed by atoms with Gasteiger partial charge in [-0.05, 0) is 23.4 Å². The van der Waals surface area contributed by atoms with Crippen molar-refractivity contribution in [3.05, 3.63) is 5.28 Å². The van der Waals surface area contributed by atoms with Crippen molar-refractivity contribution in [2.75, 3.05) is 25.1 Å². The van der Waals surface area contributed by atoms with Crippen LogP contribution in [0.4, 0.5) is 5.95 Å². The molecule has 6 heteroatoms. The molecule has 0 fully saturated rings. The summed E-state index contributed by atoms with van der Waals surface area (Å²) in [6.07, 6.45) is 0. The monoisotopic (exact) mass is 272 g/mol. The molecule has 1 aromatic rings. The summed E-state index contributed by atoms with van der Waals surface area (Å²) in [6, 6.07) is 0.252. The van der Waals surface area contributed by atoms with Crippen molar-refractivity contribution in [1.82, 2.24) is 15.0 Å². The van der Waals surface area contributed by atoms with Crippen LogP contribution < -0.4 is 9.64 Å². The third-order valence-corrected chi connectivity index (χ3v) is 2.38. The minimum absolute atomic E-state index is 0.161. The van der Waals surface area contributed by atoms with E-state index in [4.69, 9.17) is 16.3 Å². The molecule has 0 unspecified atom stereocenters. The number of anilines is 1. The topological polar surface area (TPSA) is 51.1 Å². The number of hydrogen-bond donors (Lipinski definition) is 0. The van der Waals surface area contributed by atoms with Gasteiger partial charge in [-0.25, -0.2) is 0 Å². The molecule has 0 saturated carbocycles. The Bertz CT molecular complexity index is 374. The molecule has 18 heavy (non-hydrogen) atoms. The zero-order chi connectivity index (χ0) is 13.7. The maximum Gasteiger partial charge on any atom is 0.322 e. The van der Waals surface area contributed by atoms with E-state index >= 15 is 0 Å². The second-order valence-corrected chi connectivity index (χ2v) is 5.42. The lowest BCUT2D eigenvalue weighted by Crippen LogP contribution is -2.33. The Morgan fingerprint density at radius 3 is 2.06 bits per heavy atom. The maximum atomic E-state index is 5.88. The third-order valence-electron chi connectivity index (χ3n) is 2.21. The van der Waals surface area contributed by atoms with Crippen LogP contribution in [0.2, 0.25) is 5.28 Å². The van der Waals surface area contributed by atoms with Gasteiger partial charge >= 0.3 is 6.01 Å². The summed E-state index contributed by atoms with van der Waals surface area (Å²) in [5.41, 5.74) is 0. The van der Waals surface area contributed by atoms with Gasteiger partial charge in [0.25, 0.3) is 0 Å². The molecule has 0 aliphatic carbocycles. The van der Waals surface area contributed by atoms with E-state index in [1.807, 2.05) is 0 Å². The van der Waals surface area contributed by atoms with Crippen molar-refractivity contribution in [3.8, 4) is 6.01 Å². The Labute approximate surface area is 114 Å². The first-order chi connectivity index (χ1) is 8.42. The van der Waals surface area contributed by atoms with Crippen LogP contribution in [0.5, 0.6) is 6.01 Å². The number of rotatable bonds is 6. The van der Waals surface area contributed by atoms with E-state index in [1.54, 1.807) is 0 Å². The number of aromatic nitrogens is 3. The largest absolute Gasteiger partial charge is 0.467 e. The number of halogens is 1. The van der Waals surface area contributed by atoms with E-state index in [9.17, 15) is 0 Å². The fourth-order valence-corrected chi connectivity index (χ4v) is 1.82. The molecule has 102 valence electrons. The Hall–Kier alpha value is -1.10. The lowest BCUT2D eigenvalue weighted by atomic mass is 10.1. The zero-order valence-corrected chi connectivity index (χ0v) is 12.4. The van der Waals surface area contributed by atoms with Crippen molar-refractivity contribution in [1.29, 1.82) is 0 Å². The van der Waals surface area contributed by atoms with Crippen molar-refractivity contribution < 1.29 is 4.74 Å². The van der Waals surface area contributed by atoms with Gasteiger partial charge < -0.3 is 9.64 Å². The van der Waals surface area contributed by atoms with E-state index in [0.29, 0.717) is 17.8 Å². The Kier molecular flexibility index (Phi) is 5.59. The Morgan fingerprint density at radius 1 is 1.06 bits per heavy atom. The second kappa shape index (κ2) is 6.73. The van der Waals surface area contributed by atoms with Gasteiger partial charge in [0.15, 0.2) is 0 Å². The van der Waals surface area contributed by atoms with E-state index in [1.165, 1.54) is 7.11 Å². The molecule has 5 nitrogen and oxygen atoms in total. The second-order valence-electron chi connectivity index (χ2n) is 5.08. The molecule has 0 atom stereocenters. The predicted molar refractivity (Wildman–Crippen MR) is 73.3 cm³/mol. The molecular weight excluding hydrogens is 252 g/mol. The third kappa shape index (κ3) is 4.64. The van der Waals surface area contributed by atoms with Crippen LogP contribution in [0.1, 0.15) is 27.7 Å². The van der Waals surface area contributed by atoms with Gasteiger partial charge in [0.2, 0.25) is 11.2 Å². The van der Waals surface area contributed by atoms with Gasteiger partial charge in [-0.3, -0.25) is 0 Å². The van der Waals surface area contributed by atoms with Crippen LogP contribution in [-0.2, 0) is 0 Å². The maximum absolute atomic E-state index is 5.88. The number of hydrogen-bond acceptors (Lipinski definition) is 5. The van der Waals surface area contributed by atoms with Crippen molar-refractivity contribution in [2.24, 2.45) is 11.8 Å². The molecule has 0 radical (unpaired) electrons. The van der Waals surface area contributed by atoms with Crippen LogP contribution in [0.15, 0.2) is 0 Å². The first kappa shape index (κ1) is 15.0. The quantitative estimate of drug-likeness (QED) is 0.797. The number of ether oxygens (including phenoxy) is 1. The summed E-state index contributed by atoms with van der Waals surface area (Å²) in [5, 5.41) is 0.161. The minimum Gasteiger partial charge on any atom is -0.467 e. The fraction of sp³-hybridized carbons (Fsp3) is 0.750. The fourth-order valence-electron chi connectivity index (χ4n) is 1.67. The highest BCUT2D eigenvalue weighted by Gasteiger charge is 2.15. The summed E-state index contributed by atoms with van der Waals surface area (Å²) in [7, 11) is 1.52. The molecule has 0 saturated heterocycles. The van der Waals surface area contributed by atoms with Gasteiger partial charge in [-0.15, -0.1) is 0 Å². The van der Waals surface area contributed by atoms with Gasteiger partial charge in [-0.1, -0.05) is 27.7 Å². The van der Waals surface area contributed by atoms with Gasteiger partial charge in [0, 0.05) is 13.1 Å². The molecule has 0 bridgehead atoms. The van der Waals surface area contributed by atoms with Crippen LogP contribution in [0.3, 0.4) is 0 Å². The molecule has 1 heterocycles. The average Bonchev–Trinajstić information content (AvgIpc) is 2.26. The summed E-state index contributed by atoms with van der Waals surface area (Å²) in [4.78, 5) is 14.4. The van der Waals surface area contributed by atoms with Crippen molar-refractivity contribution in [2.45, 2.75) is 27.7 Å². The molecule has 0 aromatic carbocycles. The van der Waals surface area contributed by atoms with E-state index in [-0.39, 0.29) is 11.3 Å². The number of nitrogens with zero attached hydrogens (tertiary/aromatic N) is 4. The molecular formula is C12H21ClN4O. The van der Waals surface area contributed by atoms with Crippen LogP contribution in [0.25, 0.3) is 0 Å². The van der Waals surface area contributed by atoms with Crippen LogP contribution in [-0.4, -0.2) is 35.2 Å². The summed E-state index contributed by atoms with van der Waals surface area (Å²) < 4.78 is 5.02. The van der Waals surface area contributed by atoms with Gasteiger partial charge in [-0.2, -0.15) is 15.0 Å². The molecule has 0 aliphatic heterocycles.